The molecule has 1 aliphatic rings. The van der Waals surface area contributed by atoms with Gasteiger partial charge in [-0.3, -0.25) is 19.1 Å². The monoisotopic (exact) mass is 519 g/mol. The van der Waals surface area contributed by atoms with Crippen LogP contribution >= 0.6 is 11.3 Å². The quantitative estimate of drug-likeness (QED) is 0.401. The Morgan fingerprint density at radius 3 is 2.65 bits per heavy atom. The molecule has 1 aromatic carbocycles. The van der Waals surface area contributed by atoms with E-state index in [9.17, 15) is 19.1 Å². The summed E-state index contributed by atoms with van der Waals surface area (Å²) in [6.45, 7) is 4.48. The van der Waals surface area contributed by atoms with Crippen molar-refractivity contribution >= 4 is 17.2 Å². The molecule has 1 fully saturated rings. The van der Waals surface area contributed by atoms with Crippen molar-refractivity contribution < 1.29 is 14.3 Å². The molecular formula is C27H26FN5O3S. The molecule has 0 saturated carbocycles. The highest BCUT2D eigenvalue weighted by Gasteiger charge is 2.34. The van der Waals surface area contributed by atoms with Crippen LogP contribution in [0.15, 0.2) is 58.8 Å². The predicted octanol–water partition coefficient (Wildman–Crippen LogP) is 4.54. The first kappa shape index (κ1) is 24.8. The molecule has 2 atom stereocenters. The van der Waals surface area contributed by atoms with Crippen LogP contribution in [-0.2, 0) is 0 Å². The lowest BCUT2D eigenvalue weighted by molar-refractivity contribution is 0.0784. The number of nitrogens with zero attached hydrogens (tertiary/aromatic N) is 5. The molecule has 2 unspecified atom stereocenters. The van der Waals surface area contributed by atoms with E-state index in [1.807, 2.05) is 49.6 Å². The van der Waals surface area contributed by atoms with Crippen molar-refractivity contribution in [2.75, 3.05) is 13.1 Å². The third-order valence-electron chi connectivity index (χ3n) is 6.65. The number of hydrogen-bond donors (Lipinski definition) is 1. The van der Waals surface area contributed by atoms with Gasteiger partial charge in [0.25, 0.3) is 11.5 Å². The predicted molar refractivity (Wildman–Crippen MR) is 138 cm³/mol. The minimum absolute atomic E-state index is 0.0906. The molecule has 0 radical (unpaired) electrons. The molecule has 4 aromatic rings. The number of pyridine rings is 1. The van der Waals surface area contributed by atoms with Crippen molar-refractivity contribution in [1.82, 2.24) is 24.4 Å². The number of aryl methyl sites for hydroxylation is 1. The lowest BCUT2D eigenvalue weighted by Gasteiger charge is -2.23. The summed E-state index contributed by atoms with van der Waals surface area (Å²) < 4.78 is 14.8. The SMILES string of the molecule is CCC(c1ccccc1)n1c(-c2nc(C)cs2)nc(O)c(C(=O)N2CCC(c3ccc(F)cn3)C2)c1=O. The van der Waals surface area contributed by atoms with Crippen LogP contribution in [0.2, 0.25) is 0 Å². The second kappa shape index (κ2) is 10.2. The fourth-order valence-electron chi connectivity index (χ4n) is 4.82. The van der Waals surface area contributed by atoms with Crippen LogP contribution in [0.25, 0.3) is 10.8 Å². The summed E-state index contributed by atoms with van der Waals surface area (Å²) in [7, 11) is 0. The summed E-state index contributed by atoms with van der Waals surface area (Å²) in [4.78, 5) is 42.1. The molecule has 0 aliphatic carbocycles. The van der Waals surface area contributed by atoms with Crippen LogP contribution in [0.1, 0.15) is 59.0 Å². The average molecular weight is 520 g/mol. The Morgan fingerprint density at radius 2 is 2.00 bits per heavy atom. The number of benzene rings is 1. The van der Waals surface area contributed by atoms with Crippen LogP contribution in [0.3, 0.4) is 0 Å². The van der Waals surface area contributed by atoms with Crippen LogP contribution in [0.5, 0.6) is 5.88 Å². The summed E-state index contributed by atoms with van der Waals surface area (Å²) in [6, 6.07) is 12.1. The molecule has 37 heavy (non-hydrogen) atoms. The number of halogens is 1. The van der Waals surface area contributed by atoms with E-state index in [1.165, 1.54) is 26.9 Å². The van der Waals surface area contributed by atoms with Gasteiger partial charge in [0, 0.05) is 35.8 Å². The van der Waals surface area contributed by atoms with E-state index in [0.29, 0.717) is 36.6 Å². The van der Waals surface area contributed by atoms with E-state index in [-0.39, 0.29) is 17.3 Å². The number of aromatic nitrogens is 4. The minimum Gasteiger partial charge on any atom is -0.493 e. The van der Waals surface area contributed by atoms with Gasteiger partial charge in [-0.05, 0) is 37.5 Å². The van der Waals surface area contributed by atoms with E-state index in [2.05, 4.69) is 15.0 Å². The zero-order valence-electron chi connectivity index (χ0n) is 20.5. The maximum absolute atomic E-state index is 14.0. The second-order valence-electron chi connectivity index (χ2n) is 9.08. The Bertz CT molecular complexity index is 1490. The number of hydrogen-bond acceptors (Lipinski definition) is 7. The first-order chi connectivity index (χ1) is 17.9. The van der Waals surface area contributed by atoms with Gasteiger partial charge in [0.15, 0.2) is 16.4 Å². The van der Waals surface area contributed by atoms with Crippen LogP contribution < -0.4 is 5.56 Å². The molecule has 8 nitrogen and oxygen atoms in total. The summed E-state index contributed by atoms with van der Waals surface area (Å²) >= 11 is 1.32. The number of carbonyl (C=O) groups excluding carboxylic acids is 1. The van der Waals surface area contributed by atoms with Crippen molar-refractivity contribution in [3.05, 3.63) is 92.7 Å². The molecule has 5 rings (SSSR count). The molecular weight excluding hydrogens is 493 g/mol. The molecule has 3 aromatic heterocycles. The van der Waals surface area contributed by atoms with Crippen molar-refractivity contribution in [2.24, 2.45) is 0 Å². The fraction of sp³-hybridized carbons (Fsp3) is 0.296. The minimum atomic E-state index is -0.612. The van der Waals surface area contributed by atoms with Gasteiger partial charge in [-0.15, -0.1) is 11.3 Å². The molecule has 1 aliphatic heterocycles. The van der Waals surface area contributed by atoms with E-state index >= 15 is 0 Å². The van der Waals surface area contributed by atoms with Crippen LogP contribution in [-0.4, -0.2) is 48.5 Å². The van der Waals surface area contributed by atoms with Crippen molar-refractivity contribution in [3.63, 3.8) is 0 Å². The summed E-state index contributed by atoms with van der Waals surface area (Å²) in [5.41, 5.74) is 1.36. The molecule has 190 valence electrons. The lowest BCUT2D eigenvalue weighted by atomic mass is 10.0. The zero-order valence-corrected chi connectivity index (χ0v) is 21.3. The van der Waals surface area contributed by atoms with Crippen LogP contribution in [0.4, 0.5) is 4.39 Å². The van der Waals surface area contributed by atoms with E-state index in [4.69, 9.17) is 0 Å². The Hall–Kier alpha value is -3.92. The third-order valence-corrected chi connectivity index (χ3v) is 7.60. The van der Waals surface area contributed by atoms with Gasteiger partial charge in [-0.1, -0.05) is 37.3 Å². The first-order valence-electron chi connectivity index (χ1n) is 12.1. The van der Waals surface area contributed by atoms with Gasteiger partial charge < -0.3 is 10.0 Å². The fourth-order valence-corrected chi connectivity index (χ4v) is 5.60. The van der Waals surface area contributed by atoms with Crippen LogP contribution in [0, 0.1) is 12.7 Å². The van der Waals surface area contributed by atoms with Crippen molar-refractivity contribution in [3.8, 4) is 16.7 Å². The van der Waals surface area contributed by atoms with Gasteiger partial charge in [-0.2, -0.15) is 4.98 Å². The Morgan fingerprint density at radius 1 is 1.22 bits per heavy atom. The highest BCUT2D eigenvalue weighted by atomic mass is 32.1. The molecule has 0 spiro atoms. The van der Waals surface area contributed by atoms with E-state index in [0.717, 1.165) is 17.5 Å². The number of aromatic hydroxyl groups is 1. The molecule has 10 heteroatoms. The maximum Gasteiger partial charge on any atom is 0.271 e. The number of likely N-dealkylation sites (tertiary alicyclic amines) is 1. The Labute approximate surface area is 217 Å². The average Bonchev–Trinajstić information content (AvgIpc) is 3.56. The molecule has 0 bridgehead atoms. The Kier molecular flexibility index (Phi) is 6.84. The maximum atomic E-state index is 14.0. The largest absolute Gasteiger partial charge is 0.493 e. The summed E-state index contributed by atoms with van der Waals surface area (Å²) in [6.07, 6.45) is 2.33. The number of rotatable bonds is 6. The molecule has 1 saturated heterocycles. The van der Waals surface area contributed by atoms with E-state index in [1.54, 1.807) is 6.07 Å². The first-order valence-corrected chi connectivity index (χ1v) is 13.0. The smallest absolute Gasteiger partial charge is 0.271 e. The highest BCUT2D eigenvalue weighted by Crippen LogP contribution is 2.32. The topological polar surface area (TPSA) is 101 Å². The zero-order chi connectivity index (χ0) is 26.1. The normalized spacial score (nSPS) is 16.2. The summed E-state index contributed by atoms with van der Waals surface area (Å²) in [5.74, 6) is -1.49. The molecule has 1 N–H and O–H groups in total. The van der Waals surface area contributed by atoms with Gasteiger partial charge in [0.1, 0.15) is 5.82 Å². The number of carbonyl (C=O) groups is 1. The summed E-state index contributed by atoms with van der Waals surface area (Å²) in [5, 5.41) is 13.2. The van der Waals surface area contributed by atoms with Crippen molar-refractivity contribution in [2.45, 2.75) is 38.6 Å². The van der Waals surface area contributed by atoms with Gasteiger partial charge in [0.05, 0.1) is 12.2 Å². The number of amides is 1. The van der Waals surface area contributed by atoms with E-state index < -0.39 is 29.2 Å². The van der Waals surface area contributed by atoms with Crippen molar-refractivity contribution in [1.29, 1.82) is 0 Å². The van der Waals surface area contributed by atoms with Gasteiger partial charge >= 0.3 is 0 Å². The highest BCUT2D eigenvalue weighted by molar-refractivity contribution is 7.13. The number of thiazole rings is 1. The lowest BCUT2D eigenvalue weighted by Crippen LogP contribution is -2.38. The van der Waals surface area contributed by atoms with Gasteiger partial charge in [-0.25, -0.2) is 9.37 Å². The Balaban J connectivity index is 1.57. The second-order valence-corrected chi connectivity index (χ2v) is 9.93. The molecule has 1 amide bonds. The standard InChI is InChI=1S/C27H26FN5O3S/c1-3-21(17-7-5-4-6-8-17)33-23(25-30-16(2)15-37-25)31-24(34)22(27(33)36)26(35)32-12-11-18(14-32)20-10-9-19(28)13-29-20/h4-10,13,15,18,21,34H,3,11-12,14H2,1-2H3. The third kappa shape index (κ3) is 4.76. The molecule has 4 heterocycles. The van der Waals surface area contributed by atoms with Gasteiger partial charge in [0.2, 0.25) is 5.88 Å².